The van der Waals surface area contributed by atoms with Crippen LogP contribution in [-0.4, -0.2) is 25.5 Å². The largest absolute Gasteiger partial charge is 0.508 e. The van der Waals surface area contributed by atoms with Gasteiger partial charge in [0.15, 0.2) is 0 Å². The minimum atomic E-state index is -3.06. The summed E-state index contributed by atoms with van der Waals surface area (Å²) in [5.74, 6) is 0.170. The first-order valence-electron chi connectivity index (χ1n) is 4.68. The molecule has 0 amide bonds. The van der Waals surface area contributed by atoms with E-state index >= 15 is 0 Å². The van der Waals surface area contributed by atoms with Gasteiger partial charge < -0.3 is 5.11 Å². The highest BCUT2D eigenvalue weighted by Gasteiger charge is 2.27. The highest BCUT2D eigenvalue weighted by molar-refractivity contribution is 7.90. The van der Waals surface area contributed by atoms with Crippen molar-refractivity contribution in [3.63, 3.8) is 0 Å². The average molecular weight is 228 g/mol. The molecule has 4 heteroatoms. The molecule has 0 fully saturated rings. The summed E-state index contributed by atoms with van der Waals surface area (Å²) in [7, 11) is -3.06. The van der Waals surface area contributed by atoms with Gasteiger partial charge >= 0.3 is 0 Å². The molecule has 1 aromatic rings. The molecule has 1 N–H and O–H groups in total. The maximum atomic E-state index is 11.2. The van der Waals surface area contributed by atoms with Gasteiger partial charge in [-0.25, -0.2) is 8.42 Å². The number of rotatable bonds is 3. The Balaban J connectivity index is 3.12. The van der Waals surface area contributed by atoms with Crippen LogP contribution in [0.2, 0.25) is 0 Å². The zero-order chi connectivity index (χ0) is 11.7. The molecule has 0 unspecified atom stereocenters. The number of sulfone groups is 1. The molecule has 0 radical (unpaired) electrons. The molecule has 1 aromatic carbocycles. The number of hydrogen-bond acceptors (Lipinski definition) is 3. The number of phenolic OH excluding ortho intramolecular Hbond substituents is 1. The number of benzene rings is 1. The maximum Gasteiger partial charge on any atom is 0.148 e. The van der Waals surface area contributed by atoms with Crippen molar-refractivity contribution >= 4 is 9.84 Å². The number of phenols is 1. The Morgan fingerprint density at radius 2 is 1.80 bits per heavy atom. The number of hydrogen-bond donors (Lipinski definition) is 1. The Hall–Kier alpha value is -1.03. The molecule has 0 atom stereocenters. The quantitative estimate of drug-likeness (QED) is 0.857. The van der Waals surface area contributed by atoms with Gasteiger partial charge in [-0.15, -0.1) is 0 Å². The van der Waals surface area contributed by atoms with E-state index in [4.69, 9.17) is 0 Å². The van der Waals surface area contributed by atoms with Crippen molar-refractivity contribution in [1.82, 2.24) is 0 Å². The van der Waals surface area contributed by atoms with E-state index in [2.05, 4.69) is 0 Å². The molecule has 3 nitrogen and oxygen atoms in total. The van der Waals surface area contributed by atoms with Crippen LogP contribution in [0.15, 0.2) is 24.3 Å². The van der Waals surface area contributed by atoms with Crippen LogP contribution in [0.25, 0.3) is 0 Å². The Morgan fingerprint density at radius 3 is 2.27 bits per heavy atom. The third kappa shape index (κ3) is 3.23. The maximum absolute atomic E-state index is 11.2. The van der Waals surface area contributed by atoms with Crippen molar-refractivity contribution in [2.24, 2.45) is 0 Å². The fourth-order valence-corrected chi connectivity index (χ4v) is 3.25. The SMILES string of the molecule is CC(C)(CS(C)(=O)=O)c1ccccc1O. The molecule has 0 aliphatic heterocycles. The normalized spacial score (nSPS) is 12.7. The van der Waals surface area contributed by atoms with Crippen molar-refractivity contribution in [3.8, 4) is 5.75 Å². The molecule has 15 heavy (non-hydrogen) atoms. The van der Waals surface area contributed by atoms with Crippen LogP contribution in [0.5, 0.6) is 5.75 Å². The minimum Gasteiger partial charge on any atom is -0.508 e. The summed E-state index contributed by atoms with van der Waals surface area (Å²) in [4.78, 5) is 0. The first kappa shape index (κ1) is 12.0. The first-order valence-corrected chi connectivity index (χ1v) is 6.75. The summed E-state index contributed by atoms with van der Waals surface area (Å²) in [5.41, 5.74) is 0.0919. The molecule has 0 bridgehead atoms. The predicted molar refractivity (Wildman–Crippen MR) is 60.8 cm³/mol. The van der Waals surface area contributed by atoms with E-state index < -0.39 is 15.3 Å². The topological polar surface area (TPSA) is 54.4 Å². The molecule has 84 valence electrons. The standard InChI is InChI=1S/C11H16O3S/c1-11(2,8-15(3,13)14)9-6-4-5-7-10(9)12/h4-7,12H,8H2,1-3H3. The monoisotopic (exact) mass is 228 g/mol. The summed E-state index contributed by atoms with van der Waals surface area (Å²) < 4.78 is 22.5. The molecule has 1 rings (SSSR count). The second-order valence-corrected chi connectivity index (χ2v) is 6.61. The Labute approximate surface area is 90.7 Å². The van der Waals surface area contributed by atoms with Gasteiger partial charge in [-0.2, -0.15) is 0 Å². The van der Waals surface area contributed by atoms with Crippen molar-refractivity contribution in [2.75, 3.05) is 12.0 Å². The number of para-hydroxylation sites is 1. The smallest absolute Gasteiger partial charge is 0.148 e. The van der Waals surface area contributed by atoms with Crippen molar-refractivity contribution in [3.05, 3.63) is 29.8 Å². The van der Waals surface area contributed by atoms with Gasteiger partial charge in [0.05, 0.1) is 5.75 Å². The van der Waals surface area contributed by atoms with Crippen LogP contribution in [0, 0.1) is 0 Å². The molecule has 0 saturated heterocycles. The summed E-state index contributed by atoms with van der Waals surface area (Å²) >= 11 is 0. The molecule has 0 aliphatic rings. The molecular formula is C11H16O3S. The van der Waals surface area contributed by atoms with Gasteiger partial charge in [0.25, 0.3) is 0 Å². The van der Waals surface area contributed by atoms with Gasteiger partial charge in [0.1, 0.15) is 15.6 Å². The number of aromatic hydroxyl groups is 1. The third-order valence-electron chi connectivity index (χ3n) is 2.26. The fraction of sp³-hybridized carbons (Fsp3) is 0.455. The summed E-state index contributed by atoms with van der Waals surface area (Å²) in [5, 5.41) is 9.65. The van der Waals surface area contributed by atoms with Crippen molar-refractivity contribution in [2.45, 2.75) is 19.3 Å². The Bertz CT molecular complexity index is 447. The lowest BCUT2D eigenvalue weighted by atomic mass is 9.86. The average Bonchev–Trinajstić information content (AvgIpc) is 1.99. The highest BCUT2D eigenvalue weighted by Crippen LogP contribution is 2.31. The Morgan fingerprint density at radius 1 is 1.27 bits per heavy atom. The molecule has 0 aliphatic carbocycles. The molecule has 0 aromatic heterocycles. The predicted octanol–water partition coefficient (Wildman–Crippen LogP) is 1.71. The van der Waals surface area contributed by atoms with E-state index in [0.717, 1.165) is 0 Å². The van der Waals surface area contributed by atoms with Crippen molar-refractivity contribution in [1.29, 1.82) is 0 Å². The van der Waals surface area contributed by atoms with E-state index in [0.29, 0.717) is 5.56 Å². The zero-order valence-corrected chi connectivity index (χ0v) is 10.0. The van der Waals surface area contributed by atoms with Gasteiger partial charge in [-0.3, -0.25) is 0 Å². The van der Waals surface area contributed by atoms with Gasteiger partial charge in [0, 0.05) is 17.2 Å². The van der Waals surface area contributed by atoms with Gasteiger partial charge in [-0.1, -0.05) is 32.0 Å². The second-order valence-electron chi connectivity index (χ2n) is 4.47. The van der Waals surface area contributed by atoms with E-state index in [9.17, 15) is 13.5 Å². The summed E-state index contributed by atoms with van der Waals surface area (Å²) in [6.45, 7) is 3.62. The van der Waals surface area contributed by atoms with Crippen LogP contribution in [0.4, 0.5) is 0 Å². The van der Waals surface area contributed by atoms with Crippen LogP contribution in [0.3, 0.4) is 0 Å². The van der Waals surface area contributed by atoms with Gasteiger partial charge in [0.2, 0.25) is 0 Å². The third-order valence-corrected chi connectivity index (χ3v) is 3.50. The molecule has 0 saturated carbocycles. The Kier molecular flexibility index (Phi) is 3.09. The van der Waals surface area contributed by atoms with Gasteiger partial charge in [-0.05, 0) is 6.07 Å². The lowest BCUT2D eigenvalue weighted by Crippen LogP contribution is -2.27. The fourth-order valence-electron chi connectivity index (χ4n) is 1.78. The minimum absolute atomic E-state index is 0.0254. The van der Waals surface area contributed by atoms with E-state index in [-0.39, 0.29) is 11.5 Å². The lowest BCUT2D eigenvalue weighted by molar-refractivity contribution is 0.446. The first-order chi connectivity index (χ1) is 6.72. The van der Waals surface area contributed by atoms with E-state index in [1.165, 1.54) is 6.26 Å². The molecule has 0 heterocycles. The second kappa shape index (κ2) is 3.85. The van der Waals surface area contributed by atoms with Crippen LogP contribution in [-0.2, 0) is 15.3 Å². The molecular weight excluding hydrogens is 212 g/mol. The zero-order valence-electron chi connectivity index (χ0n) is 9.19. The molecule has 0 spiro atoms. The van der Waals surface area contributed by atoms with Crippen LogP contribution < -0.4 is 0 Å². The summed E-state index contributed by atoms with van der Waals surface area (Å²) in [6, 6.07) is 6.83. The van der Waals surface area contributed by atoms with E-state index in [1.54, 1.807) is 24.3 Å². The lowest BCUT2D eigenvalue weighted by Gasteiger charge is -2.24. The van der Waals surface area contributed by atoms with Crippen molar-refractivity contribution < 1.29 is 13.5 Å². The van der Waals surface area contributed by atoms with Crippen LogP contribution >= 0.6 is 0 Å². The summed E-state index contributed by atoms with van der Waals surface area (Å²) in [6.07, 6.45) is 1.20. The van der Waals surface area contributed by atoms with Crippen LogP contribution in [0.1, 0.15) is 19.4 Å². The van der Waals surface area contributed by atoms with E-state index in [1.807, 2.05) is 13.8 Å². The highest BCUT2D eigenvalue weighted by atomic mass is 32.2.